The van der Waals surface area contributed by atoms with E-state index in [1.807, 2.05) is 30.3 Å². The van der Waals surface area contributed by atoms with Crippen LogP contribution in [0.3, 0.4) is 0 Å². The number of pyridine rings is 1. The van der Waals surface area contributed by atoms with Crippen molar-refractivity contribution in [3.05, 3.63) is 95.1 Å². The molecule has 0 saturated heterocycles. The molecule has 1 amide bonds. The second kappa shape index (κ2) is 8.62. The lowest BCUT2D eigenvalue weighted by molar-refractivity contribution is 0.0816. The van der Waals surface area contributed by atoms with Gasteiger partial charge in [0.1, 0.15) is 10.7 Å². The zero-order chi connectivity index (χ0) is 24.9. The highest BCUT2D eigenvalue weighted by Gasteiger charge is 2.25. The monoisotopic (exact) mass is 514 g/mol. The minimum Gasteiger partial charge on any atom is -0.337 e. The first-order valence-electron chi connectivity index (χ1n) is 10.4. The van der Waals surface area contributed by atoms with Gasteiger partial charge in [-0.25, -0.2) is 21.6 Å². The minimum absolute atomic E-state index is 0.000447. The molecule has 2 aromatic heterocycles. The lowest BCUT2D eigenvalue weighted by Gasteiger charge is -2.08. The van der Waals surface area contributed by atoms with Crippen molar-refractivity contribution in [1.29, 1.82) is 0 Å². The van der Waals surface area contributed by atoms with E-state index in [2.05, 4.69) is 4.98 Å². The molecule has 5 rings (SSSR count). The number of halogens is 3. The van der Waals surface area contributed by atoms with E-state index in [9.17, 15) is 26.4 Å². The summed E-state index contributed by atoms with van der Waals surface area (Å²) >= 11 is 1.48. The number of hydrogen-bond donors (Lipinski definition) is 0. The Kier molecular flexibility index (Phi) is 5.72. The number of aromatic nitrogens is 1. The summed E-state index contributed by atoms with van der Waals surface area (Å²) in [5.41, 5.74) is 3.56. The van der Waals surface area contributed by atoms with Crippen molar-refractivity contribution < 1.29 is 26.4 Å². The van der Waals surface area contributed by atoms with Crippen molar-refractivity contribution in [1.82, 2.24) is 9.88 Å². The predicted molar refractivity (Wildman–Crippen MR) is 126 cm³/mol. The van der Waals surface area contributed by atoms with Gasteiger partial charge in [-0.2, -0.15) is 0 Å². The smallest absolute Gasteiger partial charge is 0.254 e. The topological polar surface area (TPSA) is 67.3 Å². The van der Waals surface area contributed by atoms with Gasteiger partial charge in [0, 0.05) is 52.9 Å². The Hall–Kier alpha value is -3.50. The van der Waals surface area contributed by atoms with Gasteiger partial charge >= 0.3 is 0 Å². The van der Waals surface area contributed by atoms with E-state index in [1.54, 1.807) is 24.2 Å². The maximum absolute atomic E-state index is 14.0. The van der Waals surface area contributed by atoms with Crippen molar-refractivity contribution in [2.75, 3.05) is 7.05 Å². The van der Waals surface area contributed by atoms with Gasteiger partial charge in [-0.15, -0.1) is 11.3 Å². The van der Waals surface area contributed by atoms with Crippen LogP contribution in [0.4, 0.5) is 13.2 Å². The Morgan fingerprint density at radius 1 is 0.914 bits per heavy atom. The molecule has 0 unspecified atom stereocenters. The van der Waals surface area contributed by atoms with Crippen LogP contribution < -0.4 is 0 Å². The number of rotatable bonds is 5. The number of nitrogens with zero attached hydrogens (tertiary/aromatic N) is 2. The molecule has 3 heterocycles. The second-order valence-electron chi connectivity index (χ2n) is 8.23. The quantitative estimate of drug-likeness (QED) is 0.262. The average molecular weight is 515 g/mol. The van der Waals surface area contributed by atoms with Crippen LogP contribution in [0.1, 0.15) is 21.5 Å². The van der Waals surface area contributed by atoms with Crippen LogP contribution in [0.2, 0.25) is 0 Å². The number of amides is 1. The van der Waals surface area contributed by atoms with Crippen molar-refractivity contribution in [2.24, 2.45) is 0 Å². The molecule has 1 aliphatic rings. The molecule has 0 radical (unpaired) electrons. The molecular formula is C25H17F3N2O3S2. The first kappa shape index (κ1) is 23.3. The van der Waals surface area contributed by atoms with Crippen molar-refractivity contribution in [2.45, 2.75) is 17.2 Å². The number of sulfone groups is 1. The normalized spacial score (nSPS) is 13.4. The van der Waals surface area contributed by atoms with Crippen molar-refractivity contribution in [3.63, 3.8) is 0 Å². The molecule has 0 N–H and O–H groups in total. The minimum atomic E-state index is -4.28. The third-order valence-electron chi connectivity index (χ3n) is 5.73. The molecule has 178 valence electrons. The second-order valence-corrected chi connectivity index (χ2v) is 11.3. The summed E-state index contributed by atoms with van der Waals surface area (Å²) in [6.45, 7) is 0.555. The fraction of sp³-hybridized carbons (Fsp3) is 0.120. The number of carbonyl (C=O) groups is 1. The molecule has 0 saturated carbocycles. The number of benzene rings is 2. The largest absolute Gasteiger partial charge is 0.337 e. The summed E-state index contributed by atoms with van der Waals surface area (Å²) in [5, 5.41) is 0. The van der Waals surface area contributed by atoms with Crippen molar-refractivity contribution in [3.8, 4) is 20.9 Å². The van der Waals surface area contributed by atoms with E-state index in [1.165, 1.54) is 17.5 Å². The molecule has 0 aliphatic carbocycles. The third-order valence-corrected chi connectivity index (χ3v) is 8.61. The molecule has 0 spiro atoms. The van der Waals surface area contributed by atoms with Crippen LogP contribution >= 0.6 is 11.3 Å². The average Bonchev–Trinajstić information content (AvgIpc) is 3.41. The zero-order valence-corrected chi connectivity index (χ0v) is 19.9. The molecule has 35 heavy (non-hydrogen) atoms. The lowest BCUT2D eigenvalue weighted by atomic mass is 10.1. The van der Waals surface area contributed by atoms with Gasteiger partial charge in [0.2, 0.25) is 0 Å². The highest BCUT2D eigenvalue weighted by Crippen LogP contribution is 2.36. The van der Waals surface area contributed by atoms with Gasteiger partial charge < -0.3 is 4.90 Å². The van der Waals surface area contributed by atoms with Crippen LogP contribution in [-0.2, 0) is 22.1 Å². The lowest BCUT2D eigenvalue weighted by Crippen LogP contribution is -2.17. The zero-order valence-electron chi connectivity index (χ0n) is 18.3. The van der Waals surface area contributed by atoms with Gasteiger partial charge in [-0.1, -0.05) is 6.07 Å². The molecule has 1 aliphatic heterocycles. The number of thiophene rings is 1. The first-order valence-corrected chi connectivity index (χ1v) is 12.9. The highest BCUT2D eigenvalue weighted by molar-refractivity contribution is 7.90. The van der Waals surface area contributed by atoms with Crippen LogP contribution in [0.5, 0.6) is 0 Å². The summed E-state index contributed by atoms with van der Waals surface area (Å²) in [6.07, 6.45) is 2.92. The SMILES string of the molecule is CN1Cc2cc(-c3ccc(-c4cncc(CS(=O)(=O)c5cc(F)c(F)cc5F)c4)s3)ccc2C1=O. The van der Waals surface area contributed by atoms with Crippen LogP contribution in [0.15, 0.2) is 65.8 Å². The predicted octanol–water partition coefficient (Wildman–Crippen LogP) is 5.45. The third kappa shape index (κ3) is 4.35. The number of carbonyl (C=O) groups excluding carboxylic acids is 1. The molecule has 0 bridgehead atoms. The molecule has 0 fully saturated rings. The number of fused-ring (bicyclic) bond motifs is 1. The maximum Gasteiger partial charge on any atom is 0.254 e. The van der Waals surface area contributed by atoms with E-state index in [4.69, 9.17) is 0 Å². The number of hydrogen-bond acceptors (Lipinski definition) is 5. The molecule has 5 nitrogen and oxygen atoms in total. The molecule has 2 aromatic carbocycles. The van der Waals surface area contributed by atoms with Crippen molar-refractivity contribution >= 4 is 27.1 Å². The Bertz CT molecular complexity index is 1600. The Labute approximate surface area is 203 Å². The van der Waals surface area contributed by atoms with E-state index in [-0.39, 0.29) is 17.5 Å². The van der Waals surface area contributed by atoms with E-state index < -0.39 is 37.9 Å². The van der Waals surface area contributed by atoms with E-state index in [0.29, 0.717) is 23.7 Å². The first-order chi connectivity index (χ1) is 16.6. The van der Waals surface area contributed by atoms with Gasteiger partial charge in [0.25, 0.3) is 5.91 Å². The molecule has 4 aromatic rings. The summed E-state index contributed by atoms with van der Waals surface area (Å²) < 4.78 is 66.1. The summed E-state index contributed by atoms with van der Waals surface area (Å²) in [7, 11) is -2.53. The maximum atomic E-state index is 14.0. The van der Waals surface area contributed by atoms with E-state index in [0.717, 1.165) is 20.9 Å². The Morgan fingerprint density at radius 2 is 1.63 bits per heavy atom. The summed E-state index contributed by atoms with van der Waals surface area (Å²) in [6, 6.07) is 11.7. The standard InChI is InChI=1S/C25H17F3N2O3S2/c1-30-12-17-7-15(2-3-18(17)25(30)31)22-4-5-23(34-22)16-6-14(10-29-11-16)13-35(32,33)24-9-20(27)19(26)8-21(24)28/h2-11H,12-13H2,1H3. The van der Waals surface area contributed by atoms with Crippen LogP contribution in [0, 0.1) is 17.5 Å². The van der Waals surface area contributed by atoms with Gasteiger partial charge in [0.05, 0.1) is 5.75 Å². The Morgan fingerprint density at radius 3 is 2.40 bits per heavy atom. The summed E-state index contributed by atoms with van der Waals surface area (Å²) in [5.74, 6) is -4.87. The molecule has 0 atom stereocenters. The Balaban J connectivity index is 1.41. The highest BCUT2D eigenvalue weighted by atomic mass is 32.2. The van der Waals surface area contributed by atoms with Gasteiger partial charge in [-0.3, -0.25) is 9.78 Å². The fourth-order valence-corrected chi connectivity index (χ4v) is 6.38. The molecule has 10 heteroatoms. The van der Waals surface area contributed by atoms with Crippen LogP contribution in [0.25, 0.3) is 20.9 Å². The fourth-order valence-electron chi connectivity index (χ4n) is 4.01. The summed E-state index contributed by atoms with van der Waals surface area (Å²) in [4.78, 5) is 18.8. The van der Waals surface area contributed by atoms with Crippen LogP contribution in [-0.4, -0.2) is 31.3 Å². The van der Waals surface area contributed by atoms with Gasteiger partial charge in [-0.05, 0) is 53.1 Å². The van der Waals surface area contributed by atoms with Gasteiger partial charge in [0.15, 0.2) is 21.5 Å². The molecular weight excluding hydrogens is 497 g/mol. The van der Waals surface area contributed by atoms with E-state index >= 15 is 0 Å².